The number of hydrogen-bond acceptors (Lipinski definition) is 8. The standard InChI is InChI=1S/C27H27ClFN7O2S/c28-20-4-1-2-6-25(20)39(37,38)36-22-12-11-19(14-21(22)29)34-23-5-3-13-31-27(23)24-15-26(33-16-32-24)35-18-9-7-17(30)8-10-18/h1-6,11-18,34,36H,7-10,30H2,(H,32,33,35). The second kappa shape index (κ2) is 11.5. The van der Waals surface area contributed by atoms with E-state index in [1.165, 1.54) is 36.7 Å². The van der Waals surface area contributed by atoms with Gasteiger partial charge in [0.2, 0.25) is 0 Å². The van der Waals surface area contributed by atoms with E-state index >= 15 is 0 Å². The average molecular weight is 568 g/mol. The Morgan fingerprint density at radius 2 is 1.72 bits per heavy atom. The monoisotopic (exact) mass is 567 g/mol. The van der Waals surface area contributed by atoms with Gasteiger partial charge in [-0.25, -0.2) is 22.8 Å². The number of anilines is 4. The SMILES string of the molecule is NC1CCC(Nc2cc(-c3ncccc3Nc3ccc(NS(=O)(=O)c4ccccc4Cl)c(F)c3)ncn2)CC1. The molecular formula is C27H27ClFN7O2S. The highest BCUT2D eigenvalue weighted by atomic mass is 35.5. The summed E-state index contributed by atoms with van der Waals surface area (Å²) in [5, 5.41) is 6.65. The minimum Gasteiger partial charge on any atom is -0.367 e. The summed E-state index contributed by atoms with van der Waals surface area (Å²) in [7, 11) is -4.08. The largest absolute Gasteiger partial charge is 0.367 e. The molecule has 2 aromatic heterocycles. The van der Waals surface area contributed by atoms with Gasteiger partial charge in [-0.1, -0.05) is 23.7 Å². The van der Waals surface area contributed by atoms with Crippen LogP contribution in [0.2, 0.25) is 5.02 Å². The number of nitrogens with one attached hydrogen (secondary N) is 3. The fourth-order valence-corrected chi connectivity index (χ4v) is 6.03. The molecule has 0 amide bonds. The number of sulfonamides is 1. The van der Waals surface area contributed by atoms with Gasteiger partial charge in [-0.05, 0) is 68.1 Å². The Hall–Kier alpha value is -3.80. The van der Waals surface area contributed by atoms with Crippen molar-refractivity contribution >= 4 is 44.5 Å². The van der Waals surface area contributed by atoms with E-state index in [1.54, 1.807) is 30.5 Å². The lowest BCUT2D eigenvalue weighted by atomic mass is 9.92. The Balaban J connectivity index is 1.33. The van der Waals surface area contributed by atoms with Crippen LogP contribution < -0.4 is 21.1 Å². The molecule has 0 atom stereocenters. The third kappa shape index (κ3) is 6.44. The van der Waals surface area contributed by atoms with E-state index in [0.717, 1.165) is 25.7 Å². The van der Waals surface area contributed by atoms with Crippen LogP contribution >= 0.6 is 11.6 Å². The first kappa shape index (κ1) is 26.8. The molecule has 1 saturated carbocycles. The van der Waals surface area contributed by atoms with Crippen LogP contribution in [-0.2, 0) is 10.0 Å². The maximum atomic E-state index is 15.0. The molecule has 0 radical (unpaired) electrons. The Morgan fingerprint density at radius 3 is 2.49 bits per heavy atom. The van der Waals surface area contributed by atoms with Crippen molar-refractivity contribution in [2.45, 2.75) is 42.7 Å². The van der Waals surface area contributed by atoms with Gasteiger partial charge in [0.1, 0.15) is 28.6 Å². The first-order valence-electron chi connectivity index (χ1n) is 12.4. The molecule has 4 aromatic rings. The predicted octanol–water partition coefficient (Wildman–Crippen LogP) is 5.56. The van der Waals surface area contributed by atoms with Gasteiger partial charge < -0.3 is 16.4 Å². The van der Waals surface area contributed by atoms with Gasteiger partial charge in [-0.3, -0.25) is 9.71 Å². The molecule has 0 unspecified atom stereocenters. The summed E-state index contributed by atoms with van der Waals surface area (Å²) >= 11 is 6.01. The van der Waals surface area contributed by atoms with Gasteiger partial charge in [0, 0.05) is 30.0 Å². The molecule has 5 N–H and O–H groups in total. The van der Waals surface area contributed by atoms with E-state index < -0.39 is 15.8 Å². The van der Waals surface area contributed by atoms with Crippen molar-refractivity contribution in [3.63, 3.8) is 0 Å². The van der Waals surface area contributed by atoms with Gasteiger partial charge in [0.05, 0.1) is 22.1 Å². The van der Waals surface area contributed by atoms with Gasteiger partial charge >= 0.3 is 0 Å². The molecule has 0 spiro atoms. The number of halogens is 2. The Labute approximate surface area is 231 Å². The van der Waals surface area contributed by atoms with E-state index in [-0.39, 0.29) is 21.6 Å². The quantitative estimate of drug-likeness (QED) is 0.217. The molecule has 1 fully saturated rings. The number of hydrogen-bond donors (Lipinski definition) is 4. The minimum absolute atomic E-state index is 0.0406. The van der Waals surface area contributed by atoms with Crippen molar-refractivity contribution in [3.05, 3.63) is 84.0 Å². The molecule has 0 saturated heterocycles. The summed E-state index contributed by atoms with van der Waals surface area (Å²) in [5.41, 5.74) is 7.94. The van der Waals surface area contributed by atoms with Crippen molar-refractivity contribution in [3.8, 4) is 11.4 Å². The number of rotatable bonds is 8. The van der Waals surface area contributed by atoms with E-state index in [9.17, 15) is 12.8 Å². The minimum atomic E-state index is -4.08. The molecule has 202 valence electrons. The molecule has 39 heavy (non-hydrogen) atoms. The van der Waals surface area contributed by atoms with Crippen LogP contribution in [0.25, 0.3) is 11.4 Å². The third-order valence-corrected chi connectivity index (χ3v) is 8.33. The van der Waals surface area contributed by atoms with E-state index in [2.05, 4.69) is 30.3 Å². The molecule has 2 heterocycles. The highest BCUT2D eigenvalue weighted by Crippen LogP contribution is 2.31. The van der Waals surface area contributed by atoms with Crippen LogP contribution in [-0.4, -0.2) is 35.5 Å². The van der Waals surface area contributed by atoms with Gasteiger partial charge in [0.25, 0.3) is 10.0 Å². The molecule has 1 aliphatic carbocycles. The van der Waals surface area contributed by atoms with Crippen LogP contribution in [0.3, 0.4) is 0 Å². The van der Waals surface area contributed by atoms with Crippen molar-refractivity contribution in [2.75, 3.05) is 15.4 Å². The zero-order chi connectivity index (χ0) is 27.4. The second-order valence-electron chi connectivity index (χ2n) is 9.30. The smallest absolute Gasteiger partial charge is 0.263 e. The van der Waals surface area contributed by atoms with Gasteiger partial charge in [0.15, 0.2) is 0 Å². The van der Waals surface area contributed by atoms with Gasteiger partial charge in [-0.15, -0.1) is 0 Å². The molecule has 9 nitrogen and oxygen atoms in total. The van der Waals surface area contributed by atoms with Crippen LogP contribution in [0.4, 0.5) is 27.3 Å². The highest BCUT2D eigenvalue weighted by Gasteiger charge is 2.21. The Morgan fingerprint density at radius 1 is 0.923 bits per heavy atom. The topological polar surface area (TPSA) is 135 Å². The van der Waals surface area contributed by atoms with Crippen molar-refractivity contribution in [1.82, 2.24) is 15.0 Å². The predicted molar refractivity (Wildman–Crippen MR) is 151 cm³/mol. The normalized spacial score (nSPS) is 17.4. The molecule has 2 aromatic carbocycles. The second-order valence-corrected chi connectivity index (χ2v) is 11.4. The van der Waals surface area contributed by atoms with Crippen LogP contribution in [0.1, 0.15) is 25.7 Å². The third-order valence-electron chi connectivity index (χ3n) is 6.46. The summed E-state index contributed by atoms with van der Waals surface area (Å²) < 4.78 is 42.6. The first-order chi connectivity index (χ1) is 18.8. The number of benzene rings is 2. The summed E-state index contributed by atoms with van der Waals surface area (Å²) in [5.74, 6) is -0.0694. The van der Waals surface area contributed by atoms with Gasteiger partial charge in [-0.2, -0.15) is 0 Å². The van der Waals surface area contributed by atoms with Crippen molar-refractivity contribution in [2.24, 2.45) is 5.73 Å². The zero-order valence-electron chi connectivity index (χ0n) is 20.8. The summed E-state index contributed by atoms with van der Waals surface area (Å²) in [6, 6.07) is 16.0. The zero-order valence-corrected chi connectivity index (χ0v) is 22.4. The summed E-state index contributed by atoms with van der Waals surface area (Å²) in [6.07, 6.45) is 7.02. The highest BCUT2D eigenvalue weighted by molar-refractivity contribution is 7.92. The van der Waals surface area contributed by atoms with Crippen LogP contribution in [0, 0.1) is 5.82 Å². The number of aromatic nitrogens is 3. The fraction of sp³-hybridized carbons (Fsp3) is 0.222. The van der Waals surface area contributed by atoms with Crippen LogP contribution in [0.5, 0.6) is 0 Å². The number of nitrogens with zero attached hydrogens (tertiary/aromatic N) is 3. The lowest BCUT2D eigenvalue weighted by Crippen LogP contribution is -2.33. The Kier molecular flexibility index (Phi) is 7.92. The molecule has 5 rings (SSSR count). The fourth-order valence-electron chi connectivity index (χ4n) is 4.44. The summed E-state index contributed by atoms with van der Waals surface area (Å²) in [6.45, 7) is 0. The molecule has 0 bridgehead atoms. The van der Waals surface area contributed by atoms with Crippen molar-refractivity contribution in [1.29, 1.82) is 0 Å². The lowest BCUT2D eigenvalue weighted by Gasteiger charge is -2.27. The number of nitrogens with two attached hydrogens (primary N) is 1. The first-order valence-corrected chi connectivity index (χ1v) is 14.3. The van der Waals surface area contributed by atoms with Crippen LogP contribution in [0.15, 0.2) is 78.1 Å². The van der Waals surface area contributed by atoms with E-state index in [0.29, 0.717) is 34.6 Å². The Bertz CT molecular complexity index is 1580. The number of pyridine rings is 1. The maximum Gasteiger partial charge on any atom is 0.263 e. The van der Waals surface area contributed by atoms with Crippen molar-refractivity contribution < 1.29 is 12.8 Å². The maximum absolute atomic E-state index is 15.0. The van der Waals surface area contributed by atoms with E-state index in [4.69, 9.17) is 17.3 Å². The lowest BCUT2D eigenvalue weighted by molar-refractivity contribution is 0.410. The molecule has 12 heteroatoms. The molecular weight excluding hydrogens is 541 g/mol. The molecule has 0 aliphatic heterocycles. The van der Waals surface area contributed by atoms with E-state index in [1.807, 2.05) is 6.07 Å². The molecule has 1 aliphatic rings. The average Bonchev–Trinajstić information content (AvgIpc) is 2.92. The summed E-state index contributed by atoms with van der Waals surface area (Å²) in [4.78, 5) is 13.1.